The molecule has 112 valence electrons. The Labute approximate surface area is 121 Å². The third-order valence-corrected chi connectivity index (χ3v) is 5.73. The van der Waals surface area contributed by atoms with Crippen molar-refractivity contribution in [2.24, 2.45) is 5.92 Å². The van der Waals surface area contributed by atoms with Crippen LogP contribution in [0.1, 0.15) is 24.0 Å². The third kappa shape index (κ3) is 4.21. The van der Waals surface area contributed by atoms with Crippen molar-refractivity contribution in [1.82, 2.24) is 5.32 Å². The number of hydrogen-bond acceptors (Lipinski definition) is 4. The zero-order chi connectivity index (χ0) is 14.6. The van der Waals surface area contributed by atoms with Gasteiger partial charge in [0.25, 0.3) is 0 Å². The number of rotatable bonds is 5. The van der Waals surface area contributed by atoms with Gasteiger partial charge in [-0.2, -0.15) is 0 Å². The monoisotopic (exact) mass is 296 g/mol. The summed E-state index contributed by atoms with van der Waals surface area (Å²) in [5.74, 6) is 0.967. The smallest absolute Gasteiger partial charge is 0.150 e. The van der Waals surface area contributed by atoms with Crippen molar-refractivity contribution in [3.63, 3.8) is 0 Å². The first-order chi connectivity index (χ1) is 9.50. The van der Waals surface area contributed by atoms with E-state index in [1.54, 1.807) is 0 Å². The van der Waals surface area contributed by atoms with Gasteiger partial charge in [-0.05, 0) is 43.9 Å². The maximum absolute atomic E-state index is 11.6. The summed E-state index contributed by atoms with van der Waals surface area (Å²) in [6, 6.07) is 6.33. The lowest BCUT2D eigenvalue weighted by atomic mass is 10.0. The molecular formula is C15H24N2O2S. The highest BCUT2D eigenvalue weighted by Crippen LogP contribution is 2.19. The molecule has 1 aliphatic heterocycles. The van der Waals surface area contributed by atoms with Crippen LogP contribution in [0.3, 0.4) is 0 Å². The molecule has 1 unspecified atom stereocenters. The van der Waals surface area contributed by atoms with Crippen molar-refractivity contribution >= 4 is 15.5 Å². The number of sulfone groups is 1. The minimum Gasteiger partial charge on any atom is -0.388 e. The Morgan fingerprint density at radius 1 is 1.35 bits per heavy atom. The van der Waals surface area contributed by atoms with Gasteiger partial charge < -0.3 is 10.6 Å². The fraction of sp³-hybridized carbons (Fsp3) is 0.600. The molecule has 0 aliphatic carbocycles. The SMILES string of the molecule is CNc1ccc(C)cc1CNCC1CCCS(=O)(=O)C1. The van der Waals surface area contributed by atoms with Gasteiger partial charge in [0.1, 0.15) is 0 Å². The minimum atomic E-state index is -2.80. The van der Waals surface area contributed by atoms with E-state index in [9.17, 15) is 8.42 Å². The Morgan fingerprint density at radius 3 is 2.85 bits per heavy atom. The standard InChI is InChI=1S/C15H24N2O2S/c1-12-5-6-15(16-2)14(8-12)10-17-9-13-4-3-7-20(18,19)11-13/h5-6,8,13,16-17H,3-4,7,9-11H2,1-2H3. The van der Waals surface area contributed by atoms with Gasteiger partial charge in [-0.15, -0.1) is 0 Å². The molecule has 0 saturated carbocycles. The van der Waals surface area contributed by atoms with E-state index in [0.717, 1.165) is 31.6 Å². The second kappa shape index (κ2) is 6.59. The van der Waals surface area contributed by atoms with Crippen molar-refractivity contribution in [2.45, 2.75) is 26.3 Å². The van der Waals surface area contributed by atoms with Crippen molar-refractivity contribution in [3.05, 3.63) is 29.3 Å². The van der Waals surface area contributed by atoms with Crippen LogP contribution in [0, 0.1) is 12.8 Å². The minimum absolute atomic E-state index is 0.261. The number of aryl methyl sites for hydroxylation is 1. The van der Waals surface area contributed by atoms with Crippen LogP contribution in [0.4, 0.5) is 5.69 Å². The summed E-state index contributed by atoms with van der Waals surface area (Å²) in [5, 5.41) is 6.60. The Bertz CT molecular complexity index is 555. The molecule has 1 aromatic carbocycles. The molecule has 1 saturated heterocycles. The van der Waals surface area contributed by atoms with Crippen LogP contribution in [0.15, 0.2) is 18.2 Å². The molecule has 1 atom stereocenters. The van der Waals surface area contributed by atoms with Crippen LogP contribution in [0.25, 0.3) is 0 Å². The summed E-state index contributed by atoms with van der Waals surface area (Å²) < 4.78 is 23.2. The van der Waals surface area contributed by atoms with E-state index >= 15 is 0 Å². The van der Waals surface area contributed by atoms with E-state index in [4.69, 9.17) is 0 Å². The Balaban J connectivity index is 1.88. The predicted molar refractivity (Wildman–Crippen MR) is 83.8 cm³/mol. The molecule has 1 heterocycles. The van der Waals surface area contributed by atoms with Crippen molar-refractivity contribution in [1.29, 1.82) is 0 Å². The summed E-state index contributed by atoms with van der Waals surface area (Å²) in [6.45, 7) is 3.63. The molecule has 0 radical (unpaired) electrons. The van der Waals surface area contributed by atoms with Gasteiger partial charge in [0.15, 0.2) is 9.84 Å². The highest BCUT2D eigenvalue weighted by atomic mass is 32.2. The largest absolute Gasteiger partial charge is 0.388 e. The molecule has 20 heavy (non-hydrogen) atoms. The van der Waals surface area contributed by atoms with Crippen LogP contribution < -0.4 is 10.6 Å². The van der Waals surface area contributed by atoms with Crippen molar-refractivity contribution in [3.8, 4) is 0 Å². The van der Waals surface area contributed by atoms with E-state index in [1.165, 1.54) is 11.1 Å². The number of nitrogens with one attached hydrogen (secondary N) is 2. The summed E-state index contributed by atoms with van der Waals surface area (Å²) in [6.07, 6.45) is 1.82. The van der Waals surface area contributed by atoms with Gasteiger partial charge in [-0.1, -0.05) is 17.7 Å². The predicted octanol–water partition coefficient (Wildman–Crippen LogP) is 1.95. The van der Waals surface area contributed by atoms with Gasteiger partial charge in [-0.25, -0.2) is 8.42 Å². The molecule has 0 aromatic heterocycles. The molecule has 4 nitrogen and oxygen atoms in total. The summed E-state index contributed by atoms with van der Waals surface area (Å²) in [7, 11) is -0.880. The quantitative estimate of drug-likeness (QED) is 0.872. The summed E-state index contributed by atoms with van der Waals surface area (Å²) >= 11 is 0. The third-order valence-electron chi connectivity index (χ3n) is 3.84. The lowest BCUT2D eigenvalue weighted by Crippen LogP contribution is -2.32. The van der Waals surface area contributed by atoms with Crippen molar-refractivity contribution in [2.75, 3.05) is 30.4 Å². The van der Waals surface area contributed by atoms with E-state index in [2.05, 4.69) is 35.8 Å². The zero-order valence-electron chi connectivity index (χ0n) is 12.3. The molecular weight excluding hydrogens is 272 g/mol. The Hall–Kier alpha value is -1.07. The molecule has 1 aromatic rings. The molecule has 1 aliphatic rings. The lowest BCUT2D eigenvalue weighted by Gasteiger charge is -2.22. The first-order valence-corrected chi connectivity index (χ1v) is 9.01. The molecule has 0 bridgehead atoms. The topological polar surface area (TPSA) is 58.2 Å². The first-order valence-electron chi connectivity index (χ1n) is 7.18. The van der Waals surface area contributed by atoms with Gasteiger partial charge in [-0.3, -0.25) is 0 Å². The highest BCUT2D eigenvalue weighted by molar-refractivity contribution is 7.91. The number of hydrogen-bond donors (Lipinski definition) is 2. The van der Waals surface area contributed by atoms with Gasteiger partial charge >= 0.3 is 0 Å². The van der Waals surface area contributed by atoms with Gasteiger partial charge in [0.2, 0.25) is 0 Å². The highest BCUT2D eigenvalue weighted by Gasteiger charge is 2.24. The maximum atomic E-state index is 11.6. The average Bonchev–Trinajstić information content (AvgIpc) is 2.38. The van der Waals surface area contributed by atoms with Gasteiger partial charge in [0.05, 0.1) is 11.5 Å². The van der Waals surface area contributed by atoms with E-state index in [0.29, 0.717) is 11.5 Å². The van der Waals surface area contributed by atoms with Crippen LogP contribution >= 0.6 is 0 Å². The molecule has 5 heteroatoms. The summed E-state index contributed by atoms with van der Waals surface area (Å²) in [4.78, 5) is 0. The fourth-order valence-electron chi connectivity index (χ4n) is 2.80. The summed E-state index contributed by atoms with van der Waals surface area (Å²) in [5.41, 5.74) is 3.59. The van der Waals surface area contributed by atoms with Crippen LogP contribution in [0.5, 0.6) is 0 Å². The molecule has 0 amide bonds. The average molecular weight is 296 g/mol. The van der Waals surface area contributed by atoms with Crippen LogP contribution in [-0.2, 0) is 16.4 Å². The van der Waals surface area contributed by atoms with Gasteiger partial charge in [0, 0.05) is 19.3 Å². The second-order valence-corrected chi connectivity index (χ2v) is 7.89. The first kappa shape index (κ1) is 15.3. The van der Waals surface area contributed by atoms with Crippen LogP contribution in [-0.4, -0.2) is 33.5 Å². The molecule has 0 spiro atoms. The molecule has 2 rings (SSSR count). The Morgan fingerprint density at radius 2 is 2.15 bits per heavy atom. The van der Waals surface area contributed by atoms with E-state index in [-0.39, 0.29) is 5.92 Å². The molecule has 2 N–H and O–H groups in total. The van der Waals surface area contributed by atoms with Crippen molar-refractivity contribution < 1.29 is 8.42 Å². The Kier molecular flexibility index (Phi) is 5.05. The number of benzene rings is 1. The normalized spacial score (nSPS) is 21.6. The maximum Gasteiger partial charge on any atom is 0.150 e. The van der Waals surface area contributed by atoms with E-state index < -0.39 is 9.84 Å². The second-order valence-electron chi connectivity index (χ2n) is 5.66. The zero-order valence-corrected chi connectivity index (χ0v) is 13.1. The van der Waals surface area contributed by atoms with Crippen LogP contribution in [0.2, 0.25) is 0 Å². The lowest BCUT2D eigenvalue weighted by molar-refractivity contribution is 0.453. The number of anilines is 1. The molecule has 1 fully saturated rings. The fourth-order valence-corrected chi connectivity index (χ4v) is 4.58. The van der Waals surface area contributed by atoms with E-state index in [1.807, 2.05) is 7.05 Å².